The first-order chi connectivity index (χ1) is 23.5. The van der Waals surface area contributed by atoms with E-state index in [9.17, 15) is 28.8 Å². The number of benzene rings is 4. The van der Waals surface area contributed by atoms with Crippen LogP contribution in [0.3, 0.4) is 0 Å². The van der Waals surface area contributed by atoms with E-state index in [4.69, 9.17) is 9.47 Å². The number of carbonyl (C=O) groups is 6. The van der Waals surface area contributed by atoms with E-state index in [-0.39, 0.29) is 66.7 Å². The Kier molecular flexibility index (Phi) is 8.25. The average molecular weight is 675 g/mol. The van der Waals surface area contributed by atoms with Gasteiger partial charge in [0.15, 0.2) is 11.5 Å². The molecule has 4 aromatic carbocycles. The van der Waals surface area contributed by atoms with Gasteiger partial charge in [-0.25, -0.2) is 9.80 Å². The van der Waals surface area contributed by atoms with Crippen molar-refractivity contribution in [1.29, 1.82) is 0 Å². The molecule has 0 saturated heterocycles. The van der Waals surface area contributed by atoms with E-state index in [0.717, 1.165) is 33.8 Å². The molecule has 2 heterocycles. The first-order valence-electron chi connectivity index (χ1n) is 16.6. The Balaban J connectivity index is 1.52. The van der Waals surface area contributed by atoms with Crippen LogP contribution in [0, 0.1) is 0 Å². The minimum atomic E-state index is -0.694. The fourth-order valence-electron chi connectivity index (χ4n) is 6.43. The Morgan fingerprint density at radius 2 is 0.840 bits per heavy atom. The zero-order valence-electron chi connectivity index (χ0n) is 29.3. The van der Waals surface area contributed by atoms with E-state index in [1.54, 1.807) is 36.4 Å². The van der Waals surface area contributed by atoms with Gasteiger partial charge in [0.05, 0.1) is 11.4 Å². The molecule has 2 aliphatic heterocycles. The van der Waals surface area contributed by atoms with Crippen LogP contribution in [0.2, 0.25) is 0 Å². The summed E-state index contributed by atoms with van der Waals surface area (Å²) >= 11 is 0. The van der Waals surface area contributed by atoms with Gasteiger partial charge in [0.1, 0.15) is 0 Å². The molecule has 6 rings (SSSR count). The summed E-state index contributed by atoms with van der Waals surface area (Å²) in [4.78, 5) is 83.3. The fourth-order valence-corrected chi connectivity index (χ4v) is 6.43. The third kappa shape index (κ3) is 5.35. The minimum absolute atomic E-state index is 0.0435. The van der Waals surface area contributed by atoms with Gasteiger partial charge in [0, 0.05) is 46.9 Å². The Morgan fingerprint density at radius 3 is 1.10 bits per heavy atom. The van der Waals surface area contributed by atoms with Crippen LogP contribution in [-0.2, 0) is 20.4 Å². The summed E-state index contributed by atoms with van der Waals surface area (Å²) in [5, 5.41) is 0.375. The third-order valence-electron chi connectivity index (χ3n) is 10.1. The molecule has 0 N–H and O–H groups in total. The van der Waals surface area contributed by atoms with Crippen LogP contribution in [0.1, 0.15) is 121 Å². The van der Waals surface area contributed by atoms with Crippen molar-refractivity contribution in [2.45, 2.75) is 79.1 Å². The molecule has 256 valence electrons. The summed E-state index contributed by atoms with van der Waals surface area (Å²) in [7, 11) is 0. The second-order valence-electron chi connectivity index (χ2n) is 14.0. The Morgan fingerprint density at radius 1 is 0.540 bits per heavy atom. The van der Waals surface area contributed by atoms with Crippen molar-refractivity contribution < 1.29 is 38.2 Å². The van der Waals surface area contributed by atoms with Crippen molar-refractivity contribution >= 4 is 57.7 Å². The lowest BCUT2D eigenvalue weighted by molar-refractivity contribution is -0.132. The van der Waals surface area contributed by atoms with Gasteiger partial charge < -0.3 is 9.47 Å². The van der Waals surface area contributed by atoms with Crippen molar-refractivity contribution in [1.82, 2.24) is 0 Å². The first kappa shape index (κ1) is 34.2. The topological polar surface area (TPSA) is 127 Å². The number of rotatable bonds is 8. The lowest BCUT2D eigenvalue weighted by atomic mass is 9.81. The summed E-state index contributed by atoms with van der Waals surface area (Å²) in [5.41, 5.74) is 1.67. The molecule has 4 aromatic rings. The smallest absolute Gasteiger partial charge is 0.308 e. The molecule has 0 aliphatic carbocycles. The normalized spacial score (nSPS) is 14.4. The van der Waals surface area contributed by atoms with Gasteiger partial charge in [0.25, 0.3) is 23.6 Å². The van der Waals surface area contributed by atoms with Crippen LogP contribution in [-0.4, -0.2) is 35.6 Å². The Labute approximate surface area is 290 Å². The zero-order chi connectivity index (χ0) is 36.4. The summed E-state index contributed by atoms with van der Waals surface area (Å²) in [6, 6.07) is 16.0. The molecule has 0 atom stereocenters. The van der Waals surface area contributed by atoms with E-state index in [0.29, 0.717) is 0 Å². The molecule has 0 unspecified atom stereocenters. The molecule has 0 spiro atoms. The molecule has 10 heteroatoms. The van der Waals surface area contributed by atoms with Gasteiger partial charge >= 0.3 is 11.9 Å². The van der Waals surface area contributed by atoms with Crippen molar-refractivity contribution in [2.24, 2.45) is 0 Å². The van der Waals surface area contributed by atoms with Gasteiger partial charge in [-0.05, 0) is 83.3 Å². The lowest BCUT2D eigenvalue weighted by Crippen LogP contribution is -2.44. The third-order valence-corrected chi connectivity index (χ3v) is 10.1. The second kappa shape index (κ2) is 12.0. The van der Waals surface area contributed by atoms with Gasteiger partial charge in [-0.2, -0.15) is 0 Å². The number of amides is 4. The van der Waals surface area contributed by atoms with Crippen LogP contribution in [0.25, 0.3) is 10.8 Å². The van der Waals surface area contributed by atoms with Gasteiger partial charge in [0.2, 0.25) is 0 Å². The second-order valence-corrected chi connectivity index (χ2v) is 14.0. The zero-order valence-corrected chi connectivity index (χ0v) is 29.3. The molecule has 0 saturated carbocycles. The van der Waals surface area contributed by atoms with E-state index < -0.39 is 35.6 Å². The van der Waals surface area contributed by atoms with Crippen LogP contribution in [0.15, 0.2) is 60.7 Å². The van der Waals surface area contributed by atoms with Gasteiger partial charge in [-0.15, -0.1) is 0 Å². The minimum Gasteiger partial charge on any atom is -0.424 e. The summed E-state index contributed by atoms with van der Waals surface area (Å²) in [5.74, 6) is -3.93. The monoisotopic (exact) mass is 674 g/mol. The number of hydrogen-bond donors (Lipinski definition) is 0. The number of imide groups is 2. The number of anilines is 2. The summed E-state index contributed by atoms with van der Waals surface area (Å²) < 4.78 is 10.9. The van der Waals surface area contributed by atoms with Crippen molar-refractivity contribution in [2.75, 3.05) is 9.80 Å². The van der Waals surface area contributed by atoms with Gasteiger partial charge in [-0.1, -0.05) is 53.7 Å². The fraction of sp³-hybridized carbons (Fsp3) is 0.300. The highest BCUT2D eigenvalue weighted by Gasteiger charge is 2.42. The molecular formula is C40H38N2O8. The van der Waals surface area contributed by atoms with Crippen molar-refractivity contribution in [3.63, 3.8) is 0 Å². The predicted molar refractivity (Wildman–Crippen MR) is 188 cm³/mol. The maximum Gasteiger partial charge on any atom is 0.308 e. The average Bonchev–Trinajstić information content (AvgIpc) is 3.06. The predicted octanol–water partition coefficient (Wildman–Crippen LogP) is 7.67. The van der Waals surface area contributed by atoms with Crippen LogP contribution >= 0.6 is 0 Å². The first-order valence-corrected chi connectivity index (χ1v) is 16.6. The standard InChI is InChI=1S/C40H38N2O8/c1-9-39(5,6)23-11-17-31(49-21(3)43)29(19-23)41-35(45)25-13-15-27-34-28(16-14-26(33(25)34)36(41)46)38(48)42(37(27)47)30-20-24(40(7,8)10-2)12-18-32(30)50-22(4)44/h11-20H,9-10H2,1-8H3. The van der Waals surface area contributed by atoms with E-state index in [1.165, 1.54) is 38.1 Å². The maximum absolute atomic E-state index is 14.3. The molecule has 2 aliphatic rings. The van der Waals surface area contributed by atoms with Gasteiger partial charge in [-0.3, -0.25) is 28.8 Å². The molecule has 10 nitrogen and oxygen atoms in total. The number of esters is 2. The van der Waals surface area contributed by atoms with E-state index in [2.05, 4.69) is 0 Å². The van der Waals surface area contributed by atoms with Crippen LogP contribution in [0.5, 0.6) is 11.5 Å². The SMILES string of the molecule is CCC(C)(C)c1ccc(OC(C)=O)c(N2C(=O)c3ccc4c5c(ccc(c35)C2=O)C(=O)N(c2cc(C(C)(C)CC)ccc2OC(C)=O)C4=O)c1. The maximum atomic E-state index is 14.3. The molecule has 50 heavy (non-hydrogen) atoms. The van der Waals surface area contributed by atoms with E-state index in [1.807, 2.05) is 41.5 Å². The van der Waals surface area contributed by atoms with Crippen LogP contribution in [0.4, 0.5) is 11.4 Å². The Bertz CT molecular complexity index is 1970. The largest absolute Gasteiger partial charge is 0.424 e. The highest BCUT2D eigenvalue weighted by atomic mass is 16.5. The lowest BCUT2D eigenvalue weighted by Gasteiger charge is -2.33. The number of hydrogen-bond acceptors (Lipinski definition) is 8. The highest BCUT2D eigenvalue weighted by molar-refractivity contribution is 6.42. The quantitative estimate of drug-likeness (QED) is 0.106. The molecule has 0 bridgehead atoms. The molecular weight excluding hydrogens is 636 g/mol. The number of nitrogens with zero attached hydrogens (tertiary/aromatic N) is 2. The van der Waals surface area contributed by atoms with E-state index >= 15 is 0 Å². The molecule has 4 amide bonds. The number of ether oxygens (including phenoxy) is 2. The summed E-state index contributed by atoms with van der Waals surface area (Å²) in [6.07, 6.45) is 1.52. The highest BCUT2D eigenvalue weighted by Crippen LogP contribution is 2.45. The molecule has 0 fully saturated rings. The Hall–Kier alpha value is -5.64. The molecule has 0 aromatic heterocycles. The van der Waals surface area contributed by atoms with Crippen molar-refractivity contribution in [3.05, 3.63) is 94.0 Å². The van der Waals surface area contributed by atoms with Crippen LogP contribution < -0.4 is 19.3 Å². The molecule has 0 radical (unpaired) electrons. The number of carbonyl (C=O) groups excluding carboxylic acids is 6. The van der Waals surface area contributed by atoms with Crippen molar-refractivity contribution in [3.8, 4) is 11.5 Å². The summed E-state index contributed by atoms with van der Waals surface area (Å²) in [6.45, 7) is 14.6.